The summed E-state index contributed by atoms with van der Waals surface area (Å²) in [6, 6.07) is 38.8. The van der Waals surface area contributed by atoms with Crippen LogP contribution in [0.4, 0.5) is 0 Å². The van der Waals surface area contributed by atoms with Gasteiger partial charge in [0.15, 0.2) is 0 Å². The Balaban J connectivity index is 0.00000208. The van der Waals surface area contributed by atoms with E-state index < -0.39 is 8.07 Å². The van der Waals surface area contributed by atoms with Crippen LogP contribution in [-0.4, -0.2) is 8.07 Å². The molecular formula is C43H47Cl3SiTi. The molecule has 0 heterocycles. The third-order valence-corrected chi connectivity index (χ3v) is 15.6. The Morgan fingerprint density at radius 1 is 0.500 bits per heavy atom. The van der Waals surface area contributed by atoms with Gasteiger partial charge in [-0.2, -0.15) is 0 Å². The molecule has 248 valence electrons. The fourth-order valence-electron chi connectivity index (χ4n) is 7.84. The van der Waals surface area contributed by atoms with Crippen molar-refractivity contribution in [3.63, 3.8) is 0 Å². The zero-order chi connectivity index (χ0) is 32.5. The van der Waals surface area contributed by atoms with Crippen molar-refractivity contribution in [2.45, 2.75) is 85.6 Å². The predicted octanol–water partition coefficient (Wildman–Crippen LogP) is -0.479. The van der Waals surface area contributed by atoms with E-state index in [1.54, 1.807) is 0 Å². The van der Waals surface area contributed by atoms with E-state index in [4.69, 9.17) is 0 Å². The molecule has 0 nitrogen and oxygen atoms in total. The summed E-state index contributed by atoms with van der Waals surface area (Å²) in [5.41, 5.74) is 14.3. The van der Waals surface area contributed by atoms with E-state index in [-0.39, 0.29) is 53.6 Å². The largest absolute Gasteiger partial charge is 1.00 e. The summed E-state index contributed by atoms with van der Waals surface area (Å²) in [5.74, 6) is 0. The minimum absolute atomic E-state index is 0. The van der Waals surface area contributed by atoms with Crippen molar-refractivity contribution in [3.05, 3.63) is 142 Å². The van der Waals surface area contributed by atoms with Crippen molar-refractivity contribution in [2.24, 2.45) is 0 Å². The Bertz CT molecular complexity index is 1820. The third kappa shape index (κ3) is 7.07. The van der Waals surface area contributed by atoms with Crippen LogP contribution in [0.2, 0.25) is 0 Å². The summed E-state index contributed by atoms with van der Waals surface area (Å²) in [6.45, 7) is 23.4. The van der Waals surface area contributed by atoms with Crippen molar-refractivity contribution in [1.82, 2.24) is 0 Å². The number of hydrogen-bond acceptors (Lipinski definition) is 0. The summed E-state index contributed by atoms with van der Waals surface area (Å²) in [5, 5.41) is 4.53. The van der Waals surface area contributed by atoms with Crippen LogP contribution in [0.5, 0.6) is 0 Å². The van der Waals surface area contributed by atoms with Crippen LogP contribution in [0.3, 0.4) is 0 Å². The smallest absolute Gasteiger partial charge is 1.00 e. The molecule has 0 radical (unpaired) electrons. The summed E-state index contributed by atoms with van der Waals surface area (Å²) < 4.78 is 1.39. The van der Waals surface area contributed by atoms with Gasteiger partial charge in [0.1, 0.15) is 0 Å². The van der Waals surface area contributed by atoms with Gasteiger partial charge in [-0.25, -0.2) is 0 Å². The van der Waals surface area contributed by atoms with Gasteiger partial charge in [0.2, 0.25) is 0 Å². The molecule has 0 spiro atoms. The number of rotatable bonds is 4. The molecule has 0 aliphatic heterocycles. The van der Waals surface area contributed by atoms with Gasteiger partial charge in [-0.15, -0.1) is 0 Å². The van der Waals surface area contributed by atoms with E-state index in [1.165, 1.54) is 75.1 Å². The molecule has 1 unspecified atom stereocenters. The molecule has 0 saturated heterocycles. The first kappa shape index (κ1) is 40.3. The molecule has 48 heavy (non-hydrogen) atoms. The number of hydrogen-bond donors (Lipinski definition) is 0. The van der Waals surface area contributed by atoms with Crippen molar-refractivity contribution in [3.8, 4) is 11.1 Å². The predicted molar refractivity (Wildman–Crippen MR) is 194 cm³/mol. The van der Waals surface area contributed by atoms with Crippen LogP contribution in [0.15, 0.2) is 97.1 Å². The molecule has 5 aromatic carbocycles. The molecular weight excluding hydrogens is 699 g/mol. The van der Waals surface area contributed by atoms with E-state index in [1.807, 2.05) is 0 Å². The van der Waals surface area contributed by atoms with Gasteiger partial charge in [-0.3, -0.25) is 0 Å². The second-order valence-electron chi connectivity index (χ2n) is 15.6. The van der Waals surface area contributed by atoms with Crippen LogP contribution in [0, 0.1) is 27.7 Å². The van der Waals surface area contributed by atoms with Crippen molar-refractivity contribution in [2.75, 3.05) is 0 Å². The minimum atomic E-state index is -2.87. The molecule has 1 aliphatic carbocycles. The summed E-state index contributed by atoms with van der Waals surface area (Å²) in [6.07, 6.45) is 0. The first-order chi connectivity index (χ1) is 21.1. The maximum absolute atomic E-state index is 2.87. The van der Waals surface area contributed by atoms with E-state index in [9.17, 15) is 0 Å². The average Bonchev–Trinajstić information content (AvgIpc) is 3.28. The normalized spacial score (nSPS) is 13.9. The minimum Gasteiger partial charge on any atom is -1.00 e. The Kier molecular flexibility index (Phi) is 12.3. The first-order valence-corrected chi connectivity index (χ1v) is 19.2. The molecule has 0 fully saturated rings. The summed E-state index contributed by atoms with van der Waals surface area (Å²) in [4.78, 5) is 0. The van der Waals surface area contributed by atoms with Gasteiger partial charge in [0.05, 0.1) is 0 Å². The Labute approximate surface area is 321 Å². The zero-order valence-electron chi connectivity index (χ0n) is 29.9. The molecule has 6 rings (SSSR count). The second kappa shape index (κ2) is 14.6. The third-order valence-electron chi connectivity index (χ3n) is 9.86. The molecule has 0 bridgehead atoms. The zero-order valence-corrected chi connectivity index (χ0v) is 34.8. The number of benzene rings is 5. The standard InChI is InChI=1S/C43H47Si.3ClH.Ti/c1-28-19-29(2)22-34(21-28)44(35-23-30(3)20-31(4)24-35,36-26-32(42(5,6)7)25-33(27-36)43(8,9)10)41-39-17-13-11-15-37(39)38-16-12-14-18-40(38)41;;;;/h11-17,19-27,41H,1-10H3;3*1H;/q;;;;+3/p-3. The molecule has 0 amide bonds. The van der Waals surface area contributed by atoms with Gasteiger partial charge in [-0.05, 0) is 0 Å². The van der Waals surface area contributed by atoms with E-state index in [0.717, 1.165) is 0 Å². The first-order valence-electron chi connectivity index (χ1n) is 16.4. The topological polar surface area (TPSA) is 0 Å². The maximum atomic E-state index is 2.62. The van der Waals surface area contributed by atoms with Crippen LogP contribution < -0.4 is 56.6 Å². The summed E-state index contributed by atoms with van der Waals surface area (Å²) in [7, 11) is -2.87. The molecule has 0 N–H and O–H groups in total. The van der Waals surface area contributed by atoms with Crippen molar-refractivity contribution < 1.29 is 57.7 Å². The van der Waals surface area contributed by atoms with Crippen molar-refractivity contribution in [1.29, 1.82) is 0 Å². The Hall–Kier alpha value is -2.10. The van der Waals surface area contributed by atoms with Crippen LogP contribution in [-0.2, 0) is 31.3 Å². The van der Waals surface area contributed by atoms with Gasteiger partial charge in [0, 0.05) is 0 Å². The quantitative estimate of drug-likeness (QED) is 0.173. The van der Waals surface area contributed by atoms with E-state index in [2.05, 4.69) is 187 Å². The molecule has 1 aliphatic rings. The molecule has 5 heteroatoms. The number of fused-ring (bicyclic) bond motifs is 3. The van der Waals surface area contributed by atoms with Gasteiger partial charge >= 0.3 is 286 Å². The second-order valence-corrected chi connectivity index (χ2v) is 20.4. The fraction of sp³-hybridized carbons (Fsp3) is 0.302. The fourth-order valence-corrected chi connectivity index (χ4v) is 14.7. The number of aryl methyl sites for hydroxylation is 4. The van der Waals surface area contributed by atoms with Gasteiger partial charge in [-0.1, -0.05) is 0 Å². The SMILES string of the molecule is Cc1cc(C)cc([Si](c2cc(C)cc(C)c2)(c2cc(C(C)(C)C)cc(C(C)(C)C)c2)C2c3ccccc3-c3ccc[c]([Ti+3])c32)c1.[Cl-].[Cl-].[Cl-]. The Morgan fingerprint density at radius 3 is 1.38 bits per heavy atom. The Morgan fingerprint density at radius 2 is 0.917 bits per heavy atom. The van der Waals surface area contributed by atoms with Gasteiger partial charge < -0.3 is 37.2 Å². The molecule has 0 saturated carbocycles. The molecule has 5 aromatic rings. The summed E-state index contributed by atoms with van der Waals surface area (Å²) >= 11 is 2.34. The molecule has 0 aromatic heterocycles. The van der Waals surface area contributed by atoms with Gasteiger partial charge in [0.25, 0.3) is 0 Å². The van der Waals surface area contributed by atoms with E-state index >= 15 is 0 Å². The van der Waals surface area contributed by atoms with Crippen LogP contribution in [0.1, 0.15) is 91.6 Å². The molecule has 1 atom stereocenters. The average molecular weight is 746 g/mol. The maximum Gasteiger partial charge on any atom is -1.00 e. The van der Waals surface area contributed by atoms with Crippen molar-refractivity contribution >= 4 is 27.5 Å². The monoisotopic (exact) mass is 744 g/mol. The van der Waals surface area contributed by atoms with E-state index in [0.29, 0.717) is 0 Å². The van der Waals surface area contributed by atoms with Crippen LogP contribution >= 0.6 is 0 Å². The van der Waals surface area contributed by atoms with Crippen LogP contribution in [0.25, 0.3) is 11.1 Å². The number of halogens is 3.